The molecule has 1 heterocycles. The molecule has 0 radical (unpaired) electrons. The first kappa shape index (κ1) is 14.0. The fraction of sp³-hybridized carbons (Fsp3) is 0.533. The molecule has 1 unspecified atom stereocenters. The molecular weight excluding hydrogens is 245 g/mol. The SMILES string of the molecule is COc1cccc(CN2CCCC2CC(C)=O)c1F. The Labute approximate surface area is 113 Å². The average molecular weight is 265 g/mol. The Morgan fingerprint density at radius 2 is 2.32 bits per heavy atom. The third-order valence-electron chi connectivity index (χ3n) is 3.66. The molecule has 0 spiro atoms. The number of Topliss-reactive ketones (excluding diaryl/α,β-unsaturated/α-hetero) is 1. The highest BCUT2D eigenvalue weighted by molar-refractivity contribution is 5.76. The number of ether oxygens (including phenoxy) is 1. The van der Waals surface area contributed by atoms with Gasteiger partial charge in [-0.25, -0.2) is 4.39 Å². The summed E-state index contributed by atoms with van der Waals surface area (Å²) in [4.78, 5) is 13.4. The summed E-state index contributed by atoms with van der Waals surface area (Å²) in [5, 5.41) is 0. The minimum absolute atomic E-state index is 0.197. The van der Waals surface area contributed by atoms with Gasteiger partial charge in [-0.1, -0.05) is 12.1 Å². The molecular formula is C15H20FNO2. The van der Waals surface area contributed by atoms with Crippen LogP contribution < -0.4 is 4.74 Å². The first-order chi connectivity index (χ1) is 9.11. The van der Waals surface area contributed by atoms with Crippen LogP contribution in [0.5, 0.6) is 5.75 Å². The summed E-state index contributed by atoms with van der Waals surface area (Å²) >= 11 is 0. The van der Waals surface area contributed by atoms with Crippen LogP contribution in [0.25, 0.3) is 0 Å². The van der Waals surface area contributed by atoms with E-state index >= 15 is 0 Å². The fourth-order valence-corrected chi connectivity index (χ4v) is 2.72. The van der Waals surface area contributed by atoms with Gasteiger partial charge in [0.1, 0.15) is 5.78 Å². The van der Waals surface area contributed by atoms with Gasteiger partial charge >= 0.3 is 0 Å². The van der Waals surface area contributed by atoms with Crippen molar-refractivity contribution in [1.29, 1.82) is 0 Å². The van der Waals surface area contributed by atoms with Gasteiger partial charge in [0.05, 0.1) is 7.11 Å². The number of carbonyl (C=O) groups excluding carboxylic acids is 1. The molecule has 0 aromatic heterocycles. The third-order valence-corrected chi connectivity index (χ3v) is 3.66. The van der Waals surface area contributed by atoms with E-state index < -0.39 is 0 Å². The molecule has 3 nitrogen and oxygen atoms in total. The van der Waals surface area contributed by atoms with Crippen LogP contribution >= 0.6 is 0 Å². The zero-order chi connectivity index (χ0) is 13.8. The summed E-state index contributed by atoms with van der Waals surface area (Å²) < 4.78 is 19.1. The Balaban J connectivity index is 2.10. The van der Waals surface area contributed by atoms with E-state index in [4.69, 9.17) is 4.74 Å². The Bertz CT molecular complexity index is 461. The lowest BCUT2D eigenvalue weighted by Crippen LogP contribution is -2.30. The first-order valence-corrected chi connectivity index (χ1v) is 6.66. The Hall–Kier alpha value is -1.42. The van der Waals surface area contributed by atoms with E-state index in [0.29, 0.717) is 18.5 Å². The summed E-state index contributed by atoms with van der Waals surface area (Å²) in [6.07, 6.45) is 2.65. The molecule has 1 fully saturated rings. The van der Waals surface area contributed by atoms with Crippen LogP contribution in [-0.2, 0) is 11.3 Å². The minimum Gasteiger partial charge on any atom is -0.494 e. The van der Waals surface area contributed by atoms with Crippen LogP contribution in [0.1, 0.15) is 31.7 Å². The van der Waals surface area contributed by atoms with Crippen molar-refractivity contribution >= 4 is 5.78 Å². The zero-order valence-electron chi connectivity index (χ0n) is 11.5. The molecule has 1 saturated heterocycles. The van der Waals surface area contributed by atoms with E-state index in [1.165, 1.54) is 7.11 Å². The number of methoxy groups -OCH3 is 1. The third kappa shape index (κ3) is 3.32. The number of rotatable bonds is 5. The van der Waals surface area contributed by atoms with Gasteiger partial charge in [-0.15, -0.1) is 0 Å². The van der Waals surface area contributed by atoms with Crippen molar-refractivity contribution in [3.63, 3.8) is 0 Å². The average Bonchev–Trinajstić information content (AvgIpc) is 2.78. The molecule has 0 bridgehead atoms. The highest BCUT2D eigenvalue weighted by Crippen LogP contribution is 2.26. The lowest BCUT2D eigenvalue weighted by atomic mass is 10.1. The molecule has 0 aliphatic carbocycles. The quantitative estimate of drug-likeness (QED) is 0.820. The Kier molecular flexibility index (Phi) is 4.53. The van der Waals surface area contributed by atoms with Gasteiger partial charge in [-0.3, -0.25) is 9.69 Å². The fourth-order valence-electron chi connectivity index (χ4n) is 2.72. The van der Waals surface area contributed by atoms with Crippen LogP contribution in [0.2, 0.25) is 0 Å². The van der Waals surface area contributed by atoms with Gasteiger partial charge in [-0.05, 0) is 32.4 Å². The molecule has 1 aromatic rings. The van der Waals surface area contributed by atoms with Crippen molar-refractivity contribution in [2.24, 2.45) is 0 Å². The van der Waals surface area contributed by atoms with Crippen molar-refractivity contribution in [3.05, 3.63) is 29.6 Å². The number of likely N-dealkylation sites (tertiary alicyclic amines) is 1. The molecule has 104 valence electrons. The van der Waals surface area contributed by atoms with E-state index in [-0.39, 0.29) is 23.4 Å². The summed E-state index contributed by atoms with van der Waals surface area (Å²) in [6, 6.07) is 5.45. The predicted molar refractivity (Wildman–Crippen MR) is 71.7 cm³/mol. The number of carbonyl (C=O) groups is 1. The molecule has 0 saturated carbocycles. The molecule has 4 heteroatoms. The summed E-state index contributed by atoms with van der Waals surface area (Å²) in [5.74, 6) is 0.182. The second kappa shape index (κ2) is 6.15. The number of hydrogen-bond donors (Lipinski definition) is 0. The molecule has 19 heavy (non-hydrogen) atoms. The Morgan fingerprint density at radius 3 is 3.00 bits per heavy atom. The second-order valence-electron chi connectivity index (χ2n) is 5.11. The highest BCUT2D eigenvalue weighted by atomic mass is 19.1. The van der Waals surface area contributed by atoms with Crippen molar-refractivity contribution in [2.75, 3.05) is 13.7 Å². The van der Waals surface area contributed by atoms with Crippen LogP contribution in [0, 0.1) is 5.82 Å². The maximum absolute atomic E-state index is 14.1. The van der Waals surface area contributed by atoms with E-state index in [0.717, 1.165) is 19.4 Å². The van der Waals surface area contributed by atoms with Gasteiger partial charge in [0.25, 0.3) is 0 Å². The molecule has 1 aliphatic heterocycles. The molecule has 2 rings (SSSR count). The van der Waals surface area contributed by atoms with Crippen LogP contribution in [-0.4, -0.2) is 30.4 Å². The van der Waals surface area contributed by atoms with Gasteiger partial charge in [0.2, 0.25) is 0 Å². The lowest BCUT2D eigenvalue weighted by Gasteiger charge is -2.24. The number of hydrogen-bond acceptors (Lipinski definition) is 3. The maximum Gasteiger partial charge on any atom is 0.169 e. The van der Waals surface area contributed by atoms with Crippen LogP contribution in [0.4, 0.5) is 4.39 Å². The smallest absolute Gasteiger partial charge is 0.169 e. The number of halogens is 1. The first-order valence-electron chi connectivity index (χ1n) is 6.66. The molecule has 1 aromatic carbocycles. The van der Waals surface area contributed by atoms with E-state index in [2.05, 4.69) is 4.90 Å². The maximum atomic E-state index is 14.1. The standard InChI is InChI=1S/C15H20FNO2/c1-11(18)9-13-6-4-8-17(13)10-12-5-3-7-14(19-2)15(12)16/h3,5,7,13H,4,6,8-10H2,1-2H3. The Morgan fingerprint density at radius 1 is 1.53 bits per heavy atom. The topological polar surface area (TPSA) is 29.5 Å². The van der Waals surface area contributed by atoms with Crippen LogP contribution in [0.3, 0.4) is 0 Å². The van der Waals surface area contributed by atoms with Gasteiger partial charge < -0.3 is 4.74 Å². The van der Waals surface area contributed by atoms with E-state index in [1.807, 2.05) is 0 Å². The second-order valence-corrected chi connectivity index (χ2v) is 5.11. The van der Waals surface area contributed by atoms with Crippen molar-refractivity contribution < 1.29 is 13.9 Å². The summed E-state index contributed by atoms with van der Waals surface area (Å²) in [5.41, 5.74) is 0.634. The zero-order valence-corrected chi connectivity index (χ0v) is 11.5. The largest absolute Gasteiger partial charge is 0.494 e. The van der Waals surface area contributed by atoms with Crippen LogP contribution in [0.15, 0.2) is 18.2 Å². The minimum atomic E-state index is -0.293. The lowest BCUT2D eigenvalue weighted by molar-refractivity contribution is -0.118. The summed E-state index contributed by atoms with van der Waals surface area (Å²) in [6.45, 7) is 3.08. The number of ketones is 1. The molecule has 1 aliphatic rings. The van der Waals surface area contributed by atoms with Gasteiger partial charge in [0, 0.05) is 24.6 Å². The van der Waals surface area contributed by atoms with Crippen molar-refractivity contribution in [2.45, 2.75) is 38.8 Å². The van der Waals surface area contributed by atoms with Crippen molar-refractivity contribution in [1.82, 2.24) is 4.90 Å². The van der Waals surface area contributed by atoms with E-state index in [1.54, 1.807) is 25.1 Å². The molecule has 0 N–H and O–H groups in total. The molecule has 0 amide bonds. The number of benzene rings is 1. The predicted octanol–water partition coefficient (Wildman–Crippen LogP) is 2.78. The number of nitrogens with zero attached hydrogens (tertiary/aromatic N) is 1. The van der Waals surface area contributed by atoms with Crippen molar-refractivity contribution in [3.8, 4) is 5.75 Å². The molecule has 1 atom stereocenters. The highest BCUT2D eigenvalue weighted by Gasteiger charge is 2.26. The van der Waals surface area contributed by atoms with E-state index in [9.17, 15) is 9.18 Å². The normalized spacial score (nSPS) is 19.6. The van der Waals surface area contributed by atoms with Gasteiger partial charge in [-0.2, -0.15) is 0 Å². The monoisotopic (exact) mass is 265 g/mol. The summed E-state index contributed by atoms with van der Waals surface area (Å²) in [7, 11) is 1.47. The van der Waals surface area contributed by atoms with Gasteiger partial charge in [0.15, 0.2) is 11.6 Å².